The van der Waals surface area contributed by atoms with E-state index in [0.29, 0.717) is 0 Å². The molecule has 0 aromatic carbocycles. The fourth-order valence-electron chi connectivity index (χ4n) is 2.55. The molecule has 0 amide bonds. The number of halogens is 1. The van der Waals surface area contributed by atoms with Gasteiger partial charge in [-0.25, -0.2) is 0 Å². The Bertz CT molecular complexity index is 158. The van der Waals surface area contributed by atoms with E-state index in [0.717, 1.165) is 15.9 Å². The van der Waals surface area contributed by atoms with Crippen LogP contribution >= 0.6 is 22.6 Å². The first-order valence-corrected chi connectivity index (χ1v) is 5.98. The van der Waals surface area contributed by atoms with Gasteiger partial charge in [0.25, 0.3) is 0 Å². The van der Waals surface area contributed by atoms with Crippen molar-refractivity contribution in [2.24, 2.45) is 11.8 Å². The Hall–Kier alpha value is 0.650. The molecular weight excluding hydrogens is 263 g/mol. The summed E-state index contributed by atoms with van der Waals surface area (Å²) in [5.41, 5.74) is 0. The van der Waals surface area contributed by atoms with Crippen molar-refractivity contribution in [2.75, 3.05) is 33.2 Å². The molecule has 3 heteroatoms. The van der Waals surface area contributed by atoms with Crippen LogP contribution in [0.25, 0.3) is 0 Å². The van der Waals surface area contributed by atoms with Gasteiger partial charge in [0.2, 0.25) is 0 Å². The largest absolute Gasteiger partial charge is 0.306 e. The van der Waals surface area contributed by atoms with Gasteiger partial charge in [0.1, 0.15) is 0 Å². The zero-order chi connectivity index (χ0) is 8.72. The number of alkyl halides is 1. The molecule has 2 rings (SSSR count). The first kappa shape index (κ1) is 9.21. The number of likely N-dealkylation sites (tertiary alicyclic amines) is 2. The molecule has 12 heavy (non-hydrogen) atoms. The number of hydrogen-bond donors (Lipinski definition) is 0. The third-order valence-corrected chi connectivity index (χ3v) is 3.99. The third-order valence-electron chi connectivity index (χ3n) is 3.20. The van der Waals surface area contributed by atoms with E-state index in [9.17, 15) is 0 Å². The molecule has 2 aliphatic rings. The molecule has 0 unspecified atom stereocenters. The van der Waals surface area contributed by atoms with Crippen LogP contribution in [0.5, 0.6) is 0 Å². The fourth-order valence-corrected chi connectivity index (χ4v) is 3.01. The van der Waals surface area contributed by atoms with Crippen molar-refractivity contribution in [3.8, 4) is 0 Å². The molecule has 0 saturated carbocycles. The normalized spacial score (nSPS) is 40.2. The second-order valence-corrected chi connectivity index (χ2v) is 6.07. The van der Waals surface area contributed by atoms with E-state index in [1.165, 1.54) is 26.2 Å². The molecule has 0 aromatic rings. The molecule has 2 heterocycles. The Kier molecular flexibility index (Phi) is 2.63. The lowest BCUT2D eigenvalue weighted by Crippen LogP contribution is -2.30. The maximum atomic E-state index is 2.61. The standard InChI is InChI=1S/C9H17IN2/c1-7(10)12-5-8-3-11(2)4-9(8)6-12/h7-9H,3-6H2,1-2H3/t7-,8-,9+/m0/s1. The summed E-state index contributed by atoms with van der Waals surface area (Å²) in [6.07, 6.45) is 0. The predicted molar refractivity (Wildman–Crippen MR) is 59.5 cm³/mol. The molecule has 0 aromatic heterocycles. The van der Waals surface area contributed by atoms with Crippen LogP contribution in [0.15, 0.2) is 0 Å². The second-order valence-electron chi connectivity index (χ2n) is 4.27. The quantitative estimate of drug-likeness (QED) is 0.405. The van der Waals surface area contributed by atoms with Crippen LogP contribution in [-0.2, 0) is 0 Å². The van der Waals surface area contributed by atoms with Gasteiger partial charge < -0.3 is 4.90 Å². The van der Waals surface area contributed by atoms with Gasteiger partial charge in [-0.3, -0.25) is 4.90 Å². The van der Waals surface area contributed by atoms with E-state index in [4.69, 9.17) is 0 Å². The Balaban J connectivity index is 1.93. The molecular formula is C9H17IN2. The number of hydrogen-bond acceptors (Lipinski definition) is 2. The Morgan fingerprint density at radius 2 is 1.67 bits per heavy atom. The Morgan fingerprint density at radius 1 is 1.17 bits per heavy atom. The maximum absolute atomic E-state index is 2.61. The predicted octanol–water partition coefficient (Wildman–Crippen LogP) is 1.26. The summed E-state index contributed by atoms with van der Waals surface area (Å²) in [6.45, 7) is 7.61. The van der Waals surface area contributed by atoms with Crippen molar-refractivity contribution in [2.45, 2.75) is 11.0 Å². The molecule has 70 valence electrons. The minimum atomic E-state index is 0.721. The van der Waals surface area contributed by atoms with Gasteiger partial charge in [-0.1, -0.05) is 22.6 Å². The molecule has 0 N–H and O–H groups in total. The summed E-state index contributed by atoms with van der Waals surface area (Å²) in [5, 5.41) is 0. The van der Waals surface area contributed by atoms with Crippen molar-refractivity contribution in [1.82, 2.24) is 9.80 Å². The van der Waals surface area contributed by atoms with Gasteiger partial charge in [-0.2, -0.15) is 0 Å². The Morgan fingerprint density at radius 3 is 2.08 bits per heavy atom. The Labute approximate surface area is 88.4 Å². The van der Waals surface area contributed by atoms with Crippen molar-refractivity contribution >= 4 is 22.6 Å². The van der Waals surface area contributed by atoms with Crippen molar-refractivity contribution < 1.29 is 0 Å². The molecule has 0 aliphatic carbocycles. The number of nitrogens with zero attached hydrogens (tertiary/aromatic N) is 2. The van der Waals surface area contributed by atoms with Gasteiger partial charge >= 0.3 is 0 Å². The average Bonchev–Trinajstić information content (AvgIpc) is 2.42. The SMILES string of the molecule is C[C@@H](I)N1C[C@H]2CN(C)C[C@H]2C1. The van der Waals surface area contributed by atoms with Crippen molar-refractivity contribution in [3.63, 3.8) is 0 Å². The van der Waals surface area contributed by atoms with Gasteiger partial charge in [0, 0.05) is 26.2 Å². The average molecular weight is 280 g/mol. The van der Waals surface area contributed by atoms with Crippen LogP contribution in [0.4, 0.5) is 0 Å². The second kappa shape index (κ2) is 3.42. The highest BCUT2D eigenvalue weighted by atomic mass is 127. The van der Waals surface area contributed by atoms with E-state index in [1.54, 1.807) is 0 Å². The monoisotopic (exact) mass is 280 g/mol. The van der Waals surface area contributed by atoms with E-state index in [2.05, 4.69) is 46.4 Å². The van der Waals surface area contributed by atoms with E-state index < -0.39 is 0 Å². The minimum absolute atomic E-state index is 0.721. The molecule has 3 atom stereocenters. The van der Waals surface area contributed by atoms with Crippen LogP contribution < -0.4 is 0 Å². The minimum Gasteiger partial charge on any atom is -0.306 e. The van der Waals surface area contributed by atoms with Crippen LogP contribution in [-0.4, -0.2) is 47.1 Å². The summed E-state index contributed by atoms with van der Waals surface area (Å²) in [5.74, 6) is 1.93. The van der Waals surface area contributed by atoms with Gasteiger partial charge in [0.15, 0.2) is 0 Å². The van der Waals surface area contributed by atoms with Crippen LogP contribution in [0, 0.1) is 11.8 Å². The van der Waals surface area contributed by atoms with Gasteiger partial charge in [-0.05, 0) is 25.8 Å². The summed E-state index contributed by atoms with van der Waals surface area (Å²) in [6, 6.07) is 0. The van der Waals surface area contributed by atoms with E-state index >= 15 is 0 Å². The number of fused-ring (bicyclic) bond motifs is 1. The highest BCUT2D eigenvalue weighted by molar-refractivity contribution is 14.1. The zero-order valence-corrected chi connectivity index (χ0v) is 9.99. The maximum Gasteiger partial charge on any atom is 0.0590 e. The van der Waals surface area contributed by atoms with Gasteiger partial charge in [-0.15, -0.1) is 0 Å². The van der Waals surface area contributed by atoms with E-state index in [1.807, 2.05) is 0 Å². The molecule has 2 nitrogen and oxygen atoms in total. The van der Waals surface area contributed by atoms with Crippen LogP contribution in [0.1, 0.15) is 6.92 Å². The first-order valence-electron chi connectivity index (χ1n) is 4.73. The summed E-state index contributed by atoms with van der Waals surface area (Å²) in [7, 11) is 2.25. The van der Waals surface area contributed by atoms with Crippen molar-refractivity contribution in [1.29, 1.82) is 0 Å². The fraction of sp³-hybridized carbons (Fsp3) is 1.00. The summed E-state index contributed by atoms with van der Waals surface area (Å²) >= 11 is 2.52. The van der Waals surface area contributed by atoms with E-state index in [-0.39, 0.29) is 0 Å². The third kappa shape index (κ3) is 1.63. The topological polar surface area (TPSA) is 6.48 Å². The lowest BCUT2D eigenvalue weighted by Gasteiger charge is -2.21. The summed E-state index contributed by atoms with van der Waals surface area (Å²) < 4.78 is 0.721. The molecule has 2 aliphatic heterocycles. The highest BCUT2D eigenvalue weighted by Crippen LogP contribution is 2.32. The molecule has 0 bridgehead atoms. The first-order chi connectivity index (χ1) is 5.66. The van der Waals surface area contributed by atoms with Crippen LogP contribution in [0.3, 0.4) is 0 Å². The van der Waals surface area contributed by atoms with Crippen LogP contribution in [0.2, 0.25) is 0 Å². The lowest BCUT2D eigenvalue weighted by molar-refractivity contribution is 0.280. The van der Waals surface area contributed by atoms with Gasteiger partial charge in [0.05, 0.1) is 4.05 Å². The molecule has 2 fully saturated rings. The number of rotatable bonds is 1. The lowest BCUT2D eigenvalue weighted by atomic mass is 10.0. The zero-order valence-electron chi connectivity index (χ0n) is 7.83. The molecule has 2 saturated heterocycles. The molecule has 0 radical (unpaired) electrons. The summed E-state index contributed by atoms with van der Waals surface area (Å²) in [4.78, 5) is 5.09. The van der Waals surface area contributed by atoms with Crippen molar-refractivity contribution in [3.05, 3.63) is 0 Å². The molecule has 0 spiro atoms. The highest BCUT2D eigenvalue weighted by Gasteiger charge is 2.39. The smallest absolute Gasteiger partial charge is 0.0590 e.